The molecule has 0 bridgehead atoms. The van der Waals surface area contributed by atoms with E-state index < -0.39 is 5.82 Å². The van der Waals surface area contributed by atoms with Crippen LogP contribution in [0.2, 0.25) is 0 Å². The number of hydrogen-bond acceptors (Lipinski definition) is 4. The maximum atomic E-state index is 13.5. The fraction of sp³-hybridized carbons (Fsp3) is 0.200. The lowest BCUT2D eigenvalue weighted by Crippen LogP contribution is -2.27. The quantitative estimate of drug-likeness (QED) is 0.507. The third kappa shape index (κ3) is 4.14. The highest BCUT2D eigenvalue weighted by molar-refractivity contribution is 8.27. The minimum Gasteiger partial charge on any atom is -0.491 e. The van der Waals surface area contributed by atoms with Crippen molar-refractivity contribution in [2.24, 2.45) is 0 Å². The molecular formula is C20H18FNO2S2. The normalized spacial score (nSPS) is 17.0. The van der Waals surface area contributed by atoms with Crippen LogP contribution in [0.3, 0.4) is 0 Å². The minimum absolute atomic E-state index is 0.156. The Labute approximate surface area is 161 Å². The van der Waals surface area contributed by atoms with E-state index in [0.717, 1.165) is 17.7 Å². The van der Waals surface area contributed by atoms with Crippen LogP contribution in [0.4, 0.5) is 10.1 Å². The number of thioether (sulfide) groups is 1. The molecule has 1 fully saturated rings. The van der Waals surface area contributed by atoms with Gasteiger partial charge in [-0.25, -0.2) is 4.39 Å². The summed E-state index contributed by atoms with van der Waals surface area (Å²) in [5.74, 6) is 0.145. The number of amides is 1. The first-order valence-electron chi connectivity index (χ1n) is 8.28. The van der Waals surface area contributed by atoms with Gasteiger partial charge in [-0.05, 0) is 55.3 Å². The number of rotatable bonds is 5. The van der Waals surface area contributed by atoms with Crippen LogP contribution in [0.1, 0.15) is 25.8 Å². The number of carbonyl (C=O) groups is 1. The van der Waals surface area contributed by atoms with Gasteiger partial charge in [0, 0.05) is 0 Å². The molecule has 3 nitrogen and oxygen atoms in total. The fourth-order valence-corrected chi connectivity index (χ4v) is 3.71. The van der Waals surface area contributed by atoms with Gasteiger partial charge in [-0.2, -0.15) is 0 Å². The molecule has 1 amide bonds. The summed E-state index contributed by atoms with van der Waals surface area (Å²) < 4.78 is 19.6. The highest BCUT2D eigenvalue weighted by atomic mass is 32.2. The average molecular weight is 388 g/mol. The van der Waals surface area contributed by atoms with Crippen LogP contribution < -0.4 is 9.64 Å². The summed E-state index contributed by atoms with van der Waals surface area (Å²) in [6, 6.07) is 13.4. The Morgan fingerprint density at radius 2 is 2.00 bits per heavy atom. The van der Waals surface area contributed by atoms with Gasteiger partial charge in [-0.3, -0.25) is 9.69 Å². The highest BCUT2D eigenvalue weighted by Gasteiger charge is 2.33. The van der Waals surface area contributed by atoms with Crippen molar-refractivity contribution in [2.45, 2.75) is 26.4 Å². The molecule has 2 aromatic rings. The molecule has 0 unspecified atom stereocenters. The molecular weight excluding hydrogens is 369 g/mol. The first kappa shape index (κ1) is 18.6. The van der Waals surface area contributed by atoms with Gasteiger partial charge in [0.15, 0.2) is 4.32 Å². The minimum atomic E-state index is -0.405. The smallest absolute Gasteiger partial charge is 0.270 e. The number of hydrogen-bond donors (Lipinski definition) is 0. The molecule has 1 atom stereocenters. The molecule has 1 aliphatic rings. The first-order chi connectivity index (χ1) is 12.5. The van der Waals surface area contributed by atoms with E-state index in [1.54, 1.807) is 18.2 Å². The first-order valence-corrected chi connectivity index (χ1v) is 9.50. The number of benzene rings is 2. The zero-order valence-corrected chi connectivity index (χ0v) is 16.1. The summed E-state index contributed by atoms with van der Waals surface area (Å²) in [6.07, 6.45) is 2.87. The average Bonchev–Trinajstić information content (AvgIpc) is 2.90. The van der Waals surface area contributed by atoms with E-state index >= 15 is 0 Å². The van der Waals surface area contributed by atoms with E-state index in [2.05, 4.69) is 6.92 Å². The van der Waals surface area contributed by atoms with Crippen LogP contribution in [0.25, 0.3) is 6.08 Å². The standard InChI is InChI=1S/C20H18FNO2S2/c1-3-13(2)24-17-9-7-14(8-10-17)11-18-19(23)22(20(25)26-18)16-6-4-5-15(21)12-16/h4-13H,3H2,1-2H3/b18-11+/t13-/m1/s1. The van der Waals surface area contributed by atoms with Gasteiger partial charge >= 0.3 is 0 Å². The van der Waals surface area contributed by atoms with Crippen LogP contribution in [-0.2, 0) is 4.79 Å². The van der Waals surface area contributed by atoms with E-state index in [9.17, 15) is 9.18 Å². The summed E-state index contributed by atoms with van der Waals surface area (Å²) in [6.45, 7) is 4.09. The van der Waals surface area contributed by atoms with Crippen LogP contribution >= 0.6 is 24.0 Å². The molecule has 1 aliphatic heterocycles. The predicted octanol–water partition coefficient (Wildman–Crippen LogP) is 5.41. The Bertz CT molecular complexity index is 864. The lowest BCUT2D eigenvalue weighted by Gasteiger charge is -2.14. The van der Waals surface area contributed by atoms with Crippen molar-refractivity contribution in [1.82, 2.24) is 0 Å². The summed E-state index contributed by atoms with van der Waals surface area (Å²) in [5.41, 5.74) is 1.31. The Morgan fingerprint density at radius 3 is 2.65 bits per heavy atom. The molecule has 3 rings (SSSR count). The summed E-state index contributed by atoms with van der Waals surface area (Å²) in [5, 5.41) is 0. The summed E-state index contributed by atoms with van der Waals surface area (Å²) >= 11 is 6.51. The third-order valence-corrected chi connectivity index (χ3v) is 5.25. The molecule has 1 saturated heterocycles. The second-order valence-corrected chi connectivity index (χ2v) is 7.58. The number of nitrogens with zero attached hydrogens (tertiary/aromatic N) is 1. The van der Waals surface area contributed by atoms with Crippen LogP contribution in [0.5, 0.6) is 5.75 Å². The van der Waals surface area contributed by atoms with Crippen molar-refractivity contribution in [3.8, 4) is 5.75 Å². The maximum absolute atomic E-state index is 13.5. The molecule has 26 heavy (non-hydrogen) atoms. The fourth-order valence-electron chi connectivity index (χ4n) is 2.42. The zero-order valence-electron chi connectivity index (χ0n) is 14.4. The largest absolute Gasteiger partial charge is 0.491 e. The van der Waals surface area contributed by atoms with Crippen LogP contribution in [-0.4, -0.2) is 16.3 Å². The number of anilines is 1. The Kier molecular flexibility index (Phi) is 5.74. The van der Waals surface area contributed by atoms with Crippen molar-refractivity contribution in [2.75, 3.05) is 4.90 Å². The Hall–Kier alpha value is -2.18. The van der Waals surface area contributed by atoms with Gasteiger partial charge in [0.1, 0.15) is 11.6 Å². The van der Waals surface area contributed by atoms with Crippen molar-refractivity contribution >= 4 is 46.0 Å². The van der Waals surface area contributed by atoms with Crippen molar-refractivity contribution in [3.05, 3.63) is 64.8 Å². The number of halogens is 1. The third-order valence-electron chi connectivity index (χ3n) is 3.95. The predicted molar refractivity (Wildman–Crippen MR) is 109 cm³/mol. The summed E-state index contributed by atoms with van der Waals surface area (Å²) in [4.78, 5) is 14.6. The van der Waals surface area contributed by atoms with E-state index in [4.69, 9.17) is 17.0 Å². The molecule has 0 radical (unpaired) electrons. The van der Waals surface area contributed by atoms with E-state index in [0.29, 0.717) is 14.9 Å². The molecule has 0 saturated carbocycles. The van der Waals surface area contributed by atoms with Gasteiger partial charge in [0.2, 0.25) is 0 Å². The molecule has 2 aromatic carbocycles. The molecule has 134 valence electrons. The lowest BCUT2D eigenvalue weighted by molar-refractivity contribution is -0.113. The Morgan fingerprint density at radius 1 is 1.27 bits per heavy atom. The molecule has 0 spiro atoms. The summed E-state index contributed by atoms with van der Waals surface area (Å²) in [7, 11) is 0. The van der Waals surface area contributed by atoms with Gasteiger partial charge < -0.3 is 4.74 Å². The molecule has 1 heterocycles. The number of ether oxygens (including phenoxy) is 1. The maximum Gasteiger partial charge on any atom is 0.270 e. The number of thiocarbonyl (C=S) groups is 1. The van der Waals surface area contributed by atoms with Gasteiger partial charge in [0.05, 0.1) is 16.7 Å². The lowest BCUT2D eigenvalue weighted by atomic mass is 10.2. The van der Waals surface area contributed by atoms with E-state index in [1.807, 2.05) is 31.2 Å². The molecule has 0 aliphatic carbocycles. The highest BCUT2D eigenvalue weighted by Crippen LogP contribution is 2.36. The van der Waals surface area contributed by atoms with Crippen LogP contribution in [0, 0.1) is 5.82 Å². The molecule has 6 heteroatoms. The Balaban J connectivity index is 1.79. The van der Waals surface area contributed by atoms with E-state index in [-0.39, 0.29) is 12.0 Å². The molecule has 0 aromatic heterocycles. The van der Waals surface area contributed by atoms with Crippen molar-refractivity contribution in [1.29, 1.82) is 0 Å². The van der Waals surface area contributed by atoms with E-state index in [1.165, 1.54) is 28.8 Å². The van der Waals surface area contributed by atoms with Gasteiger partial charge in [0.25, 0.3) is 5.91 Å². The van der Waals surface area contributed by atoms with Crippen molar-refractivity contribution < 1.29 is 13.9 Å². The SMILES string of the molecule is CC[C@@H](C)Oc1ccc(/C=C2/SC(=S)N(c3cccc(F)c3)C2=O)cc1. The second-order valence-electron chi connectivity index (χ2n) is 5.90. The second kappa shape index (κ2) is 8.01. The van der Waals surface area contributed by atoms with Crippen LogP contribution in [0.15, 0.2) is 53.4 Å². The van der Waals surface area contributed by atoms with Crippen molar-refractivity contribution in [3.63, 3.8) is 0 Å². The topological polar surface area (TPSA) is 29.5 Å². The zero-order chi connectivity index (χ0) is 18.7. The molecule has 0 N–H and O–H groups in total. The monoisotopic (exact) mass is 387 g/mol. The van der Waals surface area contributed by atoms with Gasteiger partial charge in [-0.1, -0.05) is 49.1 Å². The number of carbonyl (C=O) groups excluding carboxylic acids is 1. The van der Waals surface area contributed by atoms with Gasteiger partial charge in [-0.15, -0.1) is 0 Å².